The first-order chi connectivity index (χ1) is 3.97. The smallest absolute Gasteiger partial charge is 0.144 e. The molecule has 0 saturated carbocycles. The van der Waals surface area contributed by atoms with E-state index >= 15 is 0 Å². The van der Waals surface area contributed by atoms with Crippen LogP contribution in [0.15, 0.2) is 16.9 Å². The summed E-state index contributed by atoms with van der Waals surface area (Å²) in [6.07, 6.45) is 3.22. The van der Waals surface area contributed by atoms with Gasteiger partial charge in [-0.2, -0.15) is 0 Å². The lowest BCUT2D eigenvalue weighted by Crippen LogP contribution is -1.57. The van der Waals surface area contributed by atoms with Crippen LogP contribution in [0.1, 0.15) is 0 Å². The number of fused-ring (bicyclic) bond motifs is 1. The Bertz CT molecular complexity index is 235. The summed E-state index contributed by atoms with van der Waals surface area (Å²) in [5.74, 6) is 0. The van der Waals surface area contributed by atoms with Crippen molar-refractivity contribution in [3.05, 3.63) is 12.5 Å². The molecule has 2 rings (SSSR count). The molecule has 0 fully saturated rings. The maximum Gasteiger partial charge on any atom is 0.144 e. The molecule has 40 valence electrons. The van der Waals surface area contributed by atoms with E-state index in [4.69, 9.17) is 4.42 Å². The lowest BCUT2D eigenvalue weighted by molar-refractivity contribution is 0.571. The molecule has 0 amide bonds. The lowest BCUT2D eigenvalue weighted by atomic mass is 10.6. The van der Waals surface area contributed by atoms with Crippen LogP contribution in [0, 0.1) is 0 Å². The van der Waals surface area contributed by atoms with E-state index in [1.165, 1.54) is 11.5 Å². The summed E-state index contributed by atoms with van der Waals surface area (Å²) in [6, 6.07) is 0. The molecule has 0 aliphatic rings. The van der Waals surface area contributed by atoms with Crippen LogP contribution in [0.4, 0.5) is 0 Å². The fourth-order valence-corrected chi connectivity index (χ4v) is 1.03. The zero-order valence-electron chi connectivity index (χ0n) is 3.87. The molecule has 3 nitrogen and oxygen atoms in total. The first-order valence-electron chi connectivity index (χ1n) is 2.11. The molecule has 0 N–H and O–H groups in total. The number of furan rings is 1. The van der Waals surface area contributed by atoms with Gasteiger partial charge in [-0.05, 0) is 11.5 Å². The van der Waals surface area contributed by atoms with Gasteiger partial charge in [-0.1, -0.05) is 4.49 Å². The van der Waals surface area contributed by atoms with E-state index in [0.717, 1.165) is 10.2 Å². The molecular weight excluding hydrogens is 124 g/mol. The highest BCUT2D eigenvalue weighted by atomic mass is 32.1. The molecule has 0 aliphatic heterocycles. The molecule has 0 bridgehead atoms. The number of rotatable bonds is 0. The van der Waals surface area contributed by atoms with E-state index in [-0.39, 0.29) is 0 Å². The molecule has 0 unspecified atom stereocenters. The van der Waals surface area contributed by atoms with Crippen molar-refractivity contribution in [1.29, 1.82) is 0 Å². The molecule has 8 heavy (non-hydrogen) atoms. The van der Waals surface area contributed by atoms with Crippen LogP contribution >= 0.6 is 11.5 Å². The quantitative estimate of drug-likeness (QED) is 0.533. The van der Waals surface area contributed by atoms with Crippen LogP contribution in [-0.4, -0.2) is 9.59 Å². The van der Waals surface area contributed by atoms with Gasteiger partial charge in [-0.15, -0.1) is 5.10 Å². The van der Waals surface area contributed by atoms with Crippen LogP contribution in [-0.2, 0) is 0 Å². The van der Waals surface area contributed by atoms with Crippen molar-refractivity contribution in [3.8, 4) is 0 Å². The zero-order chi connectivity index (χ0) is 5.40. The maximum atomic E-state index is 4.81. The molecule has 0 aromatic carbocycles. The molecule has 0 spiro atoms. The van der Waals surface area contributed by atoms with Crippen molar-refractivity contribution >= 4 is 21.7 Å². The third-order valence-corrected chi connectivity index (χ3v) is 1.56. The Balaban J connectivity index is 3.06. The first kappa shape index (κ1) is 4.03. The predicted molar refractivity (Wildman–Crippen MR) is 29.7 cm³/mol. The molecule has 0 radical (unpaired) electrons. The lowest BCUT2D eigenvalue weighted by Gasteiger charge is -1.57. The van der Waals surface area contributed by atoms with E-state index in [0.29, 0.717) is 0 Å². The third-order valence-electron chi connectivity index (χ3n) is 0.895. The Hall–Kier alpha value is -0.900. The van der Waals surface area contributed by atoms with Gasteiger partial charge < -0.3 is 4.42 Å². The summed E-state index contributed by atoms with van der Waals surface area (Å²) in [4.78, 5) is 0. The average molecular weight is 126 g/mol. The molecular formula is C4H2N2OS. The highest BCUT2D eigenvalue weighted by Gasteiger charge is 1.96. The number of hydrogen-bond acceptors (Lipinski definition) is 4. The predicted octanol–water partition coefficient (Wildman–Crippen LogP) is 1.28. The SMILES string of the molecule is c1occ2snnc12. The van der Waals surface area contributed by atoms with Gasteiger partial charge in [0.1, 0.15) is 22.7 Å². The Kier molecular flexibility index (Phi) is 0.648. The maximum absolute atomic E-state index is 4.81. The van der Waals surface area contributed by atoms with Gasteiger partial charge in [-0.3, -0.25) is 0 Å². The van der Waals surface area contributed by atoms with Crippen molar-refractivity contribution in [1.82, 2.24) is 9.59 Å². The van der Waals surface area contributed by atoms with Gasteiger partial charge >= 0.3 is 0 Å². The Morgan fingerprint density at radius 3 is 3.38 bits per heavy atom. The summed E-state index contributed by atoms with van der Waals surface area (Å²) in [5.41, 5.74) is 0.843. The van der Waals surface area contributed by atoms with Gasteiger partial charge in [0.25, 0.3) is 0 Å². The number of hydrogen-bond donors (Lipinski definition) is 0. The molecule has 2 aromatic rings. The van der Waals surface area contributed by atoms with Crippen molar-refractivity contribution < 1.29 is 4.42 Å². The summed E-state index contributed by atoms with van der Waals surface area (Å²) in [6.45, 7) is 0. The van der Waals surface area contributed by atoms with Crippen LogP contribution < -0.4 is 0 Å². The minimum absolute atomic E-state index is 0.843. The van der Waals surface area contributed by atoms with Crippen LogP contribution in [0.5, 0.6) is 0 Å². The van der Waals surface area contributed by atoms with Crippen LogP contribution in [0.2, 0.25) is 0 Å². The first-order valence-corrected chi connectivity index (χ1v) is 2.88. The molecule has 2 aromatic heterocycles. The molecule has 0 saturated heterocycles. The van der Waals surface area contributed by atoms with Gasteiger partial charge in [0.2, 0.25) is 0 Å². The van der Waals surface area contributed by atoms with E-state index in [2.05, 4.69) is 9.59 Å². The normalized spacial score (nSPS) is 10.5. The minimum atomic E-state index is 0.843. The monoisotopic (exact) mass is 126 g/mol. The standard InChI is InChI=1S/C4H2N2OS/c1-3-4(2-7-1)8-6-5-3/h1-2H. The topological polar surface area (TPSA) is 38.9 Å². The van der Waals surface area contributed by atoms with E-state index in [9.17, 15) is 0 Å². The minimum Gasteiger partial charge on any atom is -0.469 e. The zero-order valence-corrected chi connectivity index (χ0v) is 4.68. The number of aromatic nitrogens is 2. The van der Waals surface area contributed by atoms with Gasteiger partial charge in [0.15, 0.2) is 0 Å². The average Bonchev–Trinajstić information content (AvgIpc) is 2.15. The highest BCUT2D eigenvalue weighted by molar-refractivity contribution is 7.12. The Morgan fingerprint density at radius 1 is 1.50 bits per heavy atom. The second-order valence-corrected chi connectivity index (χ2v) is 2.18. The third kappa shape index (κ3) is 0.376. The van der Waals surface area contributed by atoms with Crippen LogP contribution in [0.25, 0.3) is 10.2 Å². The molecule has 0 atom stereocenters. The summed E-state index contributed by atoms with van der Waals surface area (Å²) in [7, 11) is 0. The highest BCUT2D eigenvalue weighted by Crippen LogP contribution is 2.14. The second-order valence-electron chi connectivity index (χ2n) is 1.39. The molecule has 0 aliphatic carbocycles. The molecule has 4 heteroatoms. The molecule has 2 heterocycles. The summed E-state index contributed by atoms with van der Waals surface area (Å²) in [5, 5.41) is 3.75. The summed E-state index contributed by atoms with van der Waals surface area (Å²) >= 11 is 1.34. The van der Waals surface area contributed by atoms with Crippen molar-refractivity contribution in [3.63, 3.8) is 0 Å². The second kappa shape index (κ2) is 1.29. The van der Waals surface area contributed by atoms with E-state index in [1.54, 1.807) is 12.5 Å². The van der Waals surface area contributed by atoms with Crippen molar-refractivity contribution in [2.45, 2.75) is 0 Å². The van der Waals surface area contributed by atoms with Gasteiger partial charge in [0.05, 0.1) is 0 Å². The van der Waals surface area contributed by atoms with Crippen molar-refractivity contribution in [2.75, 3.05) is 0 Å². The van der Waals surface area contributed by atoms with E-state index < -0.39 is 0 Å². The largest absolute Gasteiger partial charge is 0.469 e. The fraction of sp³-hybridized carbons (Fsp3) is 0. The van der Waals surface area contributed by atoms with Crippen LogP contribution in [0.3, 0.4) is 0 Å². The number of nitrogens with zero attached hydrogens (tertiary/aromatic N) is 2. The van der Waals surface area contributed by atoms with Crippen molar-refractivity contribution in [2.24, 2.45) is 0 Å². The Labute approximate surface area is 49.1 Å². The Morgan fingerprint density at radius 2 is 2.50 bits per heavy atom. The van der Waals surface area contributed by atoms with E-state index in [1.807, 2.05) is 0 Å². The van der Waals surface area contributed by atoms with Gasteiger partial charge in [-0.25, -0.2) is 0 Å². The van der Waals surface area contributed by atoms with Gasteiger partial charge in [0, 0.05) is 0 Å². The summed E-state index contributed by atoms with van der Waals surface area (Å²) < 4.78 is 9.51. The fourth-order valence-electron chi connectivity index (χ4n) is 0.528.